The molecule has 0 aromatic heterocycles. The van der Waals surface area contributed by atoms with Gasteiger partial charge in [0.05, 0.1) is 13.1 Å². The molecule has 1 heterocycles. The van der Waals surface area contributed by atoms with Crippen molar-refractivity contribution in [1.29, 1.82) is 0 Å². The molecule has 1 aliphatic heterocycles. The van der Waals surface area contributed by atoms with Crippen molar-refractivity contribution >= 4 is 11.8 Å². The molecule has 108 valence electrons. The predicted molar refractivity (Wildman–Crippen MR) is 73.4 cm³/mol. The van der Waals surface area contributed by atoms with Gasteiger partial charge in [-0.1, -0.05) is 19.3 Å². The Labute approximate surface area is 114 Å². The molecule has 2 aliphatic rings. The Hall–Kier alpha value is -1.10. The first kappa shape index (κ1) is 14.3. The van der Waals surface area contributed by atoms with Crippen LogP contribution < -0.4 is 11.1 Å². The molecule has 2 amide bonds. The van der Waals surface area contributed by atoms with E-state index in [1.54, 1.807) is 0 Å². The van der Waals surface area contributed by atoms with E-state index in [0.717, 1.165) is 19.5 Å². The summed E-state index contributed by atoms with van der Waals surface area (Å²) in [6.45, 7) is 1.74. The number of nitrogens with one attached hydrogen (secondary N) is 1. The van der Waals surface area contributed by atoms with Crippen LogP contribution in [0.2, 0.25) is 0 Å². The number of rotatable bonds is 3. The Bertz CT molecular complexity index is 332. The fraction of sp³-hybridized carbons (Fsp3) is 0.857. The lowest BCUT2D eigenvalue weighted by atomic mass is 9.69. The van der Waals surface area contributed by atoms with Crippen LogP contribution in [0.5, 0.6) is 0 Å². The maximum Gasteiger partial charge on any atom is 0.241 e. The molecule has 1 saturated carbocycles. The normalized spacial score (nSPS) is 22.3. The van der Waals surface area contributed by atoms with Gasteiger partial charge in [0.1, 0.15) is 0 Å². The number of piperidine rings is 1. The van der Waals surface area contributed by atoms with E-state index in [-0.39, 0.29) is 24.9 Å². The van der Waals surface area contributed by atoms with Gasteiger partial charge < -0.3 is 16.0 Å². The summed E-state index contributed by atoms with van der Waals surface area (Å²) in [7, 11) is 0. The van der Waals surface area contributed by atoms with Crippen LogP contribution in [-0.2, 0) is 9.59 Å². The van der Waals surface area contributed by atoms with Crippen LogP contribution in [0.4, 0.5) is 0 Å². The van der Waals surface area contributed by atoms with Crippen molar-refractivity contribution in [3.05, 3.63) is 0 Å². The number of nitrogens with two attached hydrogens (primary N) is 1. The standard InChI is InChI=1S/C14H25N3O2/c15-9-12(18)16-10-13(19)17-8-4-7-14(11-17)5-2-1-3-6-14/h1-11,15H2,(H,16,18). The third-order valence-electron chi connectivity index (χ3n) is 4.55. The lowest BCUT2D eigenvalue weighted by Crippen LogP contribution is -2.50. The minimum atomic E-state index is -0.266. The van der Waals surface area contributed by atoms with Crippen molar-refractivity contribution in [3.63, 3.8) is 0 Å². The number of carbonyl (C=O) groups is 2. The molecule has 1 aliphatic carbocycles. The second-order valence-corrected chi connectivity index (χ2v) is 5.96. The molecule has 5 heteroatoms. The predicted octanol–water partition coefficient (Wildman–Crippen LogP) is 0.634. The van der Waals surface area contributed by atoms with E-state index in [4.69, 9.17) is 5.73 Å². The van der Waals surface area contributed by atoms with Gasteiger partial charge in [-0.25, -0.2) is 0 Å². The molecule has 0 unspecified atom stereocenters. The van der Waals surface area contributed by atoms with Crippen LogP contribution in [0.15, 0.2) is 0 Å². The molecule has 0 aromatic rings. The third kappa shape index (κ3) is 3.69. The van der Waals surface area contributed by atoms with Gasteiger partial charge in [-0.05, 0) is 31.1 Å². The molecule has 0 radical (unpaired) electrons. The summed E-state index contributed by atoms with van der Waals surface area (Å²) in [5, 5.41) is 2.57. The Morgan fingerprint density at radius 3 is 2.47 bits per heavy atom. The number of amides is 2. The topological polar surface area (TPSA) is 75.4 Å². The highest BCUT2D eigenvalue weighted by Crippen LogP contribution is 2.43. The Kier molecular flexibility index (Phi) is 4.80. The molecule has 19 heavy (non-hydrogen) atoms. The fourth-order valence-electron chi connectivity index (χ4n) is 3.49. The first-order chi connectivity index (χ1) is 9.15. The van der Waals surface area contributed by atoms with E-state index < -0.39 is 0 Å². The average molecular weight is 267 g/mol. The number of hydrogen-bond donors (Lipinski definition) is 2. The molecule has 0 bridgehead atoms. The minimum Gasteiger partial charge on any atom is -0.346 e. The summed E-state index contributed by atoms with van der Waals surface area (Å²) in [6, 6.07) is 0. The number of carbonyl (C=O) groups excluding carboxylic acids is 2. The van der Waals surface area contributed by atoms with Crippen molar-refractivity contribution in [2.24, 2.45) is 11.1 Å². The van der Waals surface area contributed by atoms with Crippen molar-refractivity contribution in [2.45, 2.75) is 44.9 Å². The van der Waals surface area contributed by atoms with Crippen LogP contribution in [0.25, 0.3) is 0 Å². The molecular formula is C14H25N3O2. The van der Waals surface area contributed by atoms with Gasteiger partial charge in [-0.15, -0.1) is 0 Å². The van der Waals surface area contributed by atoms with Gasteiger partial charge in [0.2, 0.25) is 11.8 Å². The molecule has 3 N–H and O–H groups in total. The molecule has 2 rings (SSSR count). The summed E-state index contributed by atoms with van der Waals surface area (Å²) in [5.41, 5.74) is 5.58. The van der Waals surface area contributed by atoms with Crippen LogP contribution in [0.1, 0.15) is 44.9 Å². The Morgan fingerprint density at radius 2 is 1.79 bits per heavy atom. The minimum absolute atomic E-state index is 0.0337. The summed E-state index contributed by atoms with van der Waals surface area (Å²) in [4.78, 5) is 25.1. The van der Waals surface area contributed by atoms with E-state index in [0.29, 0.717) is 5.41 Å². The summed E-state index contributed by atoms with van der Waals surface area (Å²) < 4.78 is 0. The van der Waals surface area contributed by atoms with E-state index in [9.17, 15) is 9.59 Å². The second-order valence-electron chi connectivity index (χ2n) is 5.96. The molecule has 2 fully saturated rings. The van der Waals surface area contributed by atoms with E-state index in [1.165, 1.54) is 38.5 Å². The van der Waals surface area contributed by atoms with Crippen molar-refractivity contribution in [1.82, 2.24) is 10.2 Å². The summed E-state index contributed by atoms with van der Waals surface area (Å²) in [5.74, 6) is -0.232. The fourth-order valence-corrected chi connectivity index (χ4v) is 3.49. The van der Waals surface area contributed by atoms with Crippen LogP contribution >= 0.6 is 0 Å². The zero-order chi connectivity index (χ0) is 13.7. The molecule has 1 saturated heterocycles. The van der Waals surface area contributed by atoms with Gasteiger partial charge in [-0.2, -0.15) is 0 Å². The summed E-state index contributed by atoms with van der Waals surface area (Å²) in [6.07, 6.45) is 8.79. The van der Waals surface area contributed by atoms with Crippen LogP contribution in [0, 0.1) is 5.41 Å². The Morgan fingerprint density at radius 1 is 1.11 bits per heavy atom. The monoisotopic (exact) mass is 267 g/mol. The zero-order valence-corrected chi connectivity index (χ0v) is 11.6. The lowest BCUT2D eigenvalue weighted by molar-refractivity contribution is -0.136. The second kappa shape index (κ2) is 6.37. The van der Waals surface area contributed by atoms with Gasteiger partial charge in [0.25, 0.3) is 0 Å². The number of hydrogen-bond acceptors (Lipinski definition) is 3. The summed E-state index contributed by atoms with van der Waals surface area (Å²) >= 11 is 0. The van der Waals surface area contributed by atoms with E-state index in [2.05, 4.69) is 5.32 Å². The molecular weight excluding hydrogens is 242 g/mol. The number of likely N-dealkylation sites (tertiary alicyclic amines) is 1. The van der Waals surface area contributed by atoms with E-state index in [1.807, 2.05) is 4.90 Å². The largest absolute Gasteiger partial charge is 0.346 e. The lowest BCUT2D eigenvalue weighted by Gasteiger charge is -2.45. The molecule has 0 atom stereocenters. The van der Waals surface area contributed by atoms with Gasteiger partial charge in [-0.3, -0.25) is 9.59 Å². The first-order valence-corrected chi connectivity index (χ1v) is 7.40. The van der Waals surface area contributed by atoms with Crippen molar-refractivity contribution in [2.75, 3.05) is 26.2 Å². The third-order valence-corrected chi connectivity index (χ3v) is 4.55. The van der Waals surface area contributed by atoms with Crippen LogP contribution in [0.3, 0.4) is 0 Å². The maximum absolute atomic E-state index is 12.1. The van der Waals surface area contributed by atoms with Gasteiger partial charge >= 0.3 is 0 Å². The van der Waals surface area contributed by atoms with Gasteiger partial charge in [0.15, 0.2) is 0 Å². The highest BCUT2D eigenvalue weighted by molar-refractivity contribution is 5.85. The molecule has 1 spiro atoms. The highest BCUT2D eigenvalue weighted by atomic mass is 16.2. The molecule has 0 aromatic carbocycles. The van der Waals surface area contributed by atoms with Gasteiger partial charge in [0, 0.05) is 13.1 Å². The zero-order valence-electron chi connectivity index (χ0n) is 11.6. The quantitative estimate of drug-likeness (QED) is 0.787. The van der Waals surface area contributed by atoms with Crippen molar-refractivity contribution < 1.29 is 9.59 Å². The highest BCUT2D eigenvalue weighted by Gasteiger charge is 2.37. The molecule has 5 nitrogen and oxygen atoms in total. The number of nitrogens with zero attached hydrogens (tertiary/aromatic N) is 1. The van der Waals surface area contributed by atoms with E-state index >= 15 is 0 Å². The van der Waals surface area contributed by atoms with Crippen LogP contribution in [-0.4, -0.2) is 42.9 Å². The SMILES string of the molecule is NCC(=O)NCC(=O)N1CCCC2(CCCCC2)C1. The average Bonchev–Trinajstić information content (AvgIpc) is 2.45. The van der Waals surface area contributed by atoms with Crippen molar-refractivity contribution in [3.8, 4) is 0 Å². The maximum atomic E-state index is 12.1. The Balaban J connectivity index is 1.86. The smallest absolute Gasteiger partial charge is 0.241 e. The first-order valence-electron chi connectivity index (χ1n) is 7.40.